The third-order valence-corrected chi connectivity index (χ3v) is 5.58. The number of amides is 2. The van der Waals surface area contributed by atoms with Gasteiger partial charge in [0.2, 0.25) is 5.91 Å². The van der Waals surface area contributed by atoms with E-state index in [-0.39, 0.29) is 24.2 Å². The summed E-state index contributed by atoms with van der Waals surface area (Å²) in [6, 6.07) is 20.2. The summed E-state index contributed by atoms with van der Waals surface area (Å²) in [5, 5.41) is 0. The van der Waals surface area contributed by atoms with Crippen molar-refractivity contribution in [2.24, 2.45) is 5.92 Å². The summed E-state index contributed by atoms with van der Waals surface area (Å²) >= 11 is 0. The molecule has 5 heteroatoms. The van der Waals surface area contributed by atoms with Crippen LogP contribution in [0.25, 0.3) is 6.08 Å². The summed E-state index contributed by atoms with van der Waals surface area (Å²) in [7, 11) is 0. The average Bonchev–Trinajstić information content (AvgIpc) is 2.75. The maximum Gasteiger partial charge on any atom is 0.253 e. The van der Waals surface area contributed by atoms with E-state index in [4.69, 9.17) is 0 Å². The lowest BCUT2D eigenvalue weighted by Gasteiger charge is -2.32. The second-order valence-corrected chi connectivity index (χ2v) is 7.75. The Morgan fingerprint density at radius 1 is 1.00 bits per heavy atom. The smallest absolute Gasteiger partial charge is 0.253 e. The number of likely N-dealkylation sites (tertiary alicyclic amines) is 1. The summed E-state index contributed by atoms with van der Waals surface area (Å²) in [5.74, 6) is 0.145. The van der Waals surface area contributed by atoms with Gasteiger partial charge in [0.05, 0.1) is 0 Å². The standard InChI is InChI=1S/C25H30N2O2.ClH/c1-21(28)27(25(29)13-12-22-8-4-2-5-9-22)19-16-23-14-17-26(18-15-23)20-24-10-6-3-7-11-24;/h2-13,23H,14-20H2,1H3;1H. The van der Waals surface area contributed by atoms with Crippen molar-refractivity contribution in [2.45, 2.75) is 32.7 Å². The Labute approximate surface area is 186 Å². The number of hydrogen-bond donors (Lipinski definition) is 0. The van der Waals surface area contributed by atoms with Crippen LogP contribution in [0, 0.1) is 5.92 Å². The van der Waals surface area contributed by atoms with E-state index in [0.717, 1.165) is 44.5 Å². The number of carbonyl (C=O) groups excluding carboxylic acids is 2. The highest BCUT2D eigenvalue weighted by Crippen LogP contribution is 2.22. The minimum atomic E-state index is -0.233. The molecule has 2 aromatic carbocycles. The molecule has 2 amide bonds. The number of hydrogen-bond acceptors (Lipinski definition) is 3. The Morgan fingerprint density at radius 2 is 1.60 bits per heavy atom. The van der Waals surface area contributed by atoms with Gasteiger partial charge in [-0.2, -0.15) is 0 Å². The van der Waals surface area contributed by atoms with Crippen molar-refractivity contribution in [3.8, 4) is 0 Å². The number of rotatable bonds is 7. The van der Waals surface area contributed by atoms with Gasteiger partial charge in [-0.25, -0.2) is 0 Å². The lowest BCUT2D eigenvalue weighted by Crippen LogP contribution is -2.38. The largest absolute Gasteiger partial charge is 0.299 e. The fourth-order valence-corrected chi connectivity index (χ4v) is 3.83. The van der Waals surface area contributed by atoms with Crippen LogP contribution in [0.2, 0.25) is 0 Å². The molecule has 0 atom stereocenters. The van der Waals surface area contributed by atoms with Crippen molar-refractivity contribution >= 4 is 30.3 Å². The van der Waals surface area contributed by atoms with Crippen LogP contribution in [0.1, 0.15) is 37.3 Å². The van der Waals surface area contributed by atoms with Gasteiger partial charge in [0.1, 0.15) is 0 Å². The lowest BCUT2D eigenvalue weighted by atomic mass is 9.93. The van der Waals surface area contributed by atoms with E-state index >= 15 is 0 Å². The third-order valence-electron chi connectivity index (χ3n) is 5.58. The first-order chi connectivity index (χ1) is 14.1. The summed E-state index contributed by atoms with van der Waals surface area (Å²) in [6.45, 7) is 5.10. The lowest BCUT2D eigenvalue weighted by molar-refractivity contribution is -0.140. The fraction of sp³-hybridized carbons (Fsp3) is 0.360. The van der Waals surface area contributed by atoms with Crippen LogP contribution in [0.4, 0.5) is 0 Å². The molecule has 1 aliphatic heterocycles. The van der Waals surface area contributed by atoms with Gasteiger partial charge in [0.15, 0.2) is 0 Å². The molecule has 0 aliphatic carbocycles. The Morgan fingerprint density at radius 3 is 2.20 bits per heavy atom. The molecule has 0 radical (unpaired) electrons. The molecule has 1 aliphatic rings. The molecule has 0 bridgehead atoms. The molecular weight excluding hydrogens is 396 g/mol. The summed E-state index contributed by atoms with van der Waals surface area (Å²) in [6.07, 6.45) is 6.38. The zero-order valence-corrected chi connectivity index (χ0v) is 18.4. The van der Waals surface area contributed by atoms with Crippen molar-refractivity contribution in [3.05, 3.63) is 77.9 Å². The topological polar surface area (TPSA) is 40.6 Å². The number of carbonyl (C=O) groups is 2. The third kappa shape index (κ3) is 7.43. The maximum atomic E-state index is 12.5. The molecule has 0 saturated carbocycles. The predicted octanol–water partition coefficient (Wildman–Crippen LogP) is 4.80. The van der Waals surface area contributed by atoms with Crippen LogP contribution in [-0.2, 0) is 16.1 Å². The van der Waals surface area contributed by atoms with Gasteiger partial charge in [0.25, 0.3) is 5.91 Å². The SMILES string of the molecule is CC(=O)N(CCC1CCN(Cc2ccccc2)CC1)C(=O)C=Cc1ccccc1.Cl. The van der Waals surface area contributed by atoms with Gasteiger partial charge >= 0.3 is 0 Å². The highest BCUT2D eigenvalue weighted by Gasteiger charge is 2.22. The average molecular weight is 427 g/mol. The Kier molecular flexibility index (Phi) is 9.78. The van der Waals surface area contributed by atoms with Crippen LogP contribution in [0.15, 0.2) is 66.7 Å². The van der Waals surface area contributed by atoms with Crippen molar-refractivity contribution in [2.75, 3.05) is 19.6 Å². The second-order valence-electron chi connectivity index (χ2n) is 7.75. The Balaban J connectivity index is 0.00000320. The van der Waals surface area contributed by atoms with Gasteiger partial charge in [-0.05, 0) is 55.5 Å². The van der Waals surface area contributed by atoms with Gasteiger partial charge in [-0.1, -0.05) is 60.7 Å². The maximum absolute atomic E-state index is 12.5. The van der Waals surface area contributed by atoms with Crippen LogP contribution in [-0.4, -0.2) is 41.2 Å². The highest BCUT2D eigenvalue weighted by molar-refractivity contribution is 6.02. The van der Waals surface area contributed by atoms with Crippen molar-refractivity contribution < 1.29 is 9.59 Å². The van der Waals surface area contributed by atoms with E-state index in [9.17, 15) is 9.59 Å². The zero-order valence-electron chi connectivity index (χ0n) is 17.6. The molecule has 0 N–H and O–H groups in total. The summed E-state index contributed by atoms with van der Waals surface area (Å²) in [5.41, 5.74) is 2.31. The number of piperidine rings is 1. The molecule has 0 aromatic heterocycles. The number of nitrogens with zero attached hydrogens (tertiary/aromatic N) is 2. The fourth-order valence-electron chi connectivity index (χ4n) is 3.83. The van der Waals surface area contributed by atoms with Crippen molar-refractivity contribution in [1.29, 1.82) is 0 Å². The van der Waals surface area contributed by atoms with E-state index in [1.54, 1.807) is 6.08 Å². The summed E-state index contributed by atoms with van der Waals surface area (Å²) in [4.78, 5) is 28.3. The van der Waals surface area contributed by atoms with E-state index in [1.807, 2.05) is 36.4 Å². The van der Waals surface area contributed by atoms with Crippen LogP contribution >= 0.6 is 12.4 Å². The quantitative estimate of drug-likeness (QED) is 0.597. The monoisotopic (exact) mass is 426 g/mol. The molecule has 4 nitrogen and oxygen atoms in total. The minimum absolute atomic E-state index is 0. The van der Waals surface area contributed by atoms with Crippen molar-refractivity contribution in [1.82, 2.24) is 9.80 Å². The number of benzene rings is 2. The van der Waals surface area contributed by atoms with Gasteiger partial charge in [0, 0.05) is 26.1 Å². The van der Waals surface area contributed by atoms with Crippen LogP contribution in [0.5, 0.6) is 0 Å². The second kappa shape index (κ2) is 12.3. The van der Waals surface area contributed by atoms with Crippen molar-refractivity contribution in [3.63, 3.8) is 0 Å². The molecule has 0 unspecified atom stereocenters. The number of halogens is 1. The van der Waals surface area contributed by atoms with Crippen LogP contribution in [0.3, 0.4) is 0 Å². The minimum Gasteiger partial charge on any atom is -0.299 e. The molecule has 2 aromatic rings. The molecule has 160 valence electrons. The van der Waals surface area contributed by atoms with Crippen LogP contribution < -0.4 is 0 Å². The van der Waals surface area contributed by atoms with Gasteiger partial charge < -0.3 is 0 Å². The molecule has 3 rings (SSSR count). The molecule has 1 fully saturated rings. The van der Waals surface area contributed by atoms with Gasteiger partial charge in [-0.3, -0.25) is 19.4 Å². The molecule has 0 spiro atoms. The summed E-state index contributed by atoms with van der Waals surface area (Å²) < 4.78 is 0. The van der Waals surface area contributed by atoms with E-state index < -0.39 is 0 Å². The number of imide groups is 1. The van der Waals surface area contributed by atoms with E-state index in [1.165, 1.54) is 23.5 Å². The predicted molar refractivity (Wildman–Crippen MR) is 124 cm³/mol. The normalized spacial score (nSPS) is 15.0. The molecule has 1 saturated heterocycles. The first kappa shape index (κ1) is 23.8. The molecule has 1 heterocycles. The first-order valence-electron chi connectivity index (χ1n) is 10.4. The van der Waals surface area contributed by atoms with E-state index in [2.05, 4.69) is 29.2 Å². The van der Waals surface area contributed by atoms with Gasteiger partial charge in [-0.15, -0.1) is 12.4 Å². The zero-order chi connectivity index (χ0) is 20.5. The highest BCUT2D eigenvalue weighted by atomic mass is 35.5. The molecule has 30 heavy (non-hydrogen) atoms. The first-order valence-corrected chi connectivity index (χ1v) is 10.4. The van der Waals surface area contributed by atoms with E-state index in [0.29, 0.717) is 12.5 Å². The Bertz CT molecular complexity index is 816. The Hall–Kier alpha value is -2.43. The molecular formula is C25H31ClN2O2.